The van der Waals surface area contributed by atoms with E-state index in [1.807, 2.05) is 6.92 Å². The van der Waals surface area contributed by atoms with Crippen LogP contribution in [-0.4, -0.2) is 36.4 Å². The van der Waals surface area contributed by atoms with Gasteiger partial charge in [0, 0.05) is 24.5 Å². The topological polar surface area (TPSA) is 72.6 Å². The summed E-state index contributed by atoms with van der Waals surface area (Å²) >= 11 is 5.97. The number of halogens is 1. The molecule has 22 heavy (non-hydrogen) atoms. The van der Waals surface area contributed by atoms with Crippen LogP contribution < -0.4 is 10.5 Å². The fourth-order valence-electron chi connectivity index (χ4n) is 2.82. The fourth-order valence-corrected chi connectivity index (χ4v) is 2.98. The van der Waals surface area contributed by atoms with E-state index < -0.39 is 0 Å². The predicted octanol–water partition coefficient (Wildman–Crippen LogP) is 2.47. The number of primary amides is 1. The zero-order valence-electron chi connectivity index (χ0n) is 12.7. The van der Waals surface area contributed by atoms with Gasteiger partial charge in [-0.3, -0.25) is 9.59 Å². The number of ether oxygens (including phenoxy) is 1. The number of rotatable bonds is 5. The van der Waals surface area contributed by atoms with Crippen LogP contribution in [0, 0.1) is 5.92 Å². The summed E-state index contributed by atoms with van der Waals surface area (Å²) in [5, 5.41) is 0.533. The Morgan fingerprint density at radius 2 is 2.23 bits per heavy atom. The lowest BCUT2D eigenvalue weighted by molar-refractivity contribution is -0.119. The highest BCUT2D eigenvalue weighted by Crippen LogP contribution is 2.27. The lowest BCUT2D eigenvalue weighted by atomic mass is 9.94. The largest absolute Gasteiger partial charge is 0.493 e. The number of carbonyl (C=O) groups excluding carboxylic acids is 2. The zero-order chi connectivity index (χ0) is 16.1. The molecule has 5 nitrogen and oxygen atoms in total. The smallest absolute Gasteiger partial charge is 0.257 e. The van der Waals surface area contributed by atoms with Crippen LogP contribution in [0.15, 0.2) is 18.2 Å². The molecule has 1 aromatic carbocycles. The average molecular weight is 325 g/mol. The Morgan fingerprint density at radius 3 is 2.91 bits per heavy atom. The molecule has 1 aromatic rings. The number of carbonyl (C=O) groups is 2. The molecule has 0 bridgehead atoms. The summed E-state index contributed by atoms with van der Waals surface area (Å²) < 4.78 is 5.52. The summed E-state index contributed by atoms with van der Waals surface area (Å²) in [6.45, 7) is 3.56. The summed E-state index contributed by atoms with van der Waals surface area (Å²) in [5.74, 6) is 0.227. The molecule has 0 spiro atoms. The van der Waals surface area contributed by atoms with E-state index in [9.17, 15) is 9.59 Å². The molecule has 2 rings (SSSR count). The van der Waals surface area contributed by atoms with Gasteiger partial charge < -0.3 is 15.4 Å². The van der Waals surface area contributed by atoms with E-state index >= 15 is 0 Å². The van der Waals surface area contributed by atoms with Gasteiger partial charge in [0.25, 0.3) is 5.91 Å². The van der Waals surface area contributed by atoms with Crippen molar-refractivity contribution in [3.63, 3.8) is 0 Å². The number of benzene rings is 1. The molecule has 1 heterocycles. The molecule has 2 N–H and O–H groups in total. The minimum atomic E-state index is -0.319. The van der Waals surface area contributed by atoms with Crippen molar-refractivity contribution in [3.05, 3.63) is 28.8 Å². The van der Waals surface area contributed by atoms with Gasteiger partial charge in [-0.2, -0.15) is 0 Å². The second-order valence-corrected chi connectivity index (χ2v) is 5.94. The first kappa shape index (κ1) is 16.6. The van der Waals surface area contributed by atoms with E-state index in [2.05, 4.69) is 0 Å². The van der Waals surface area contributed by atoms with Crippen LogP contribution in [0.1, 0.15) is 36.5 Å². The van der Waals surface area contributed by atoms with Gasteiger partial charge in [0.15, 0.2) is 0 Å². The predicted molar refractivity (Wildman–Crippen MR) is 85.1 cm³/mol. The third-order valence-electron chi connectivity index (χ3n) is 3.77. The minimum absolute atomic E-state index is 0.0886. The van der Waals surface area contributed by atoms with E-state index in [1.54, 1.807) is 23.1 Å². The van der Waals surface area contributed by atoms with Gasteiger partial charge in [-0.05, 0) is 43.9 Å². The molecule has 0 aliphatic carbocycles. The molecular weight excluding hydrogens is 304 g/mol. The molecule has 1 fully saturated rings. The minimum Gasteiger partial charge on any atom is -0.493 e. The van der Waals surface area contributed by atoms with Crippen molar-refractivity contribution >= 4 is 23.4 Å². The van der Waals surface area contributed by atoms with Crippen LogP contribution in [0.25, 0.3) is 0 Å². The highest BCUT2D eigenvalue weighted by atomic mass is 35.5. The number of hydrogen-bond donors (Lipinski definition) is 1. The Balaban J connectivity index is 2.15. The van der Waals surface area contributed by atoms with Crippen molar-refractivity contribution in [2.45, 2.75) is 26.2 Å². The molecule has 1 unspecified atom stereocenters. The van der Waals surface area contributed by atoms with Gasteiger partial charge >= 0.3 is 0 Å². The Labute approximate surface area is 135 Å². The average Bonchev–Trinajstić information content (AvgIpc) is 2.47. The third-order valence-corrected chi connectivity index (χ3v) is 4.01. The summed E-state index contributed by atoms with van der Waals surface area (Å²) in [5.41, 5.74) is 5.76. The number of likely N-dealkylation sites (tertiary alicyclic amines) is 1. The van der Waals surface area contributed by atoms with Crippen molar-refractivity contribution in [2.75, 3.05) is 19.7 Å². The standard InChI is InChI=1S/C16H21ClN2O3/c1-2-22-14-9-12(17)5-6-13(14)16(21)19-7-3-4-11(10-19)8-15(18)20/h5-6,9,11H,2-4,7-8,10H2,1H3,(H2,18,20). The van der Waals surface area contributed by atoms with Crippen LogP contribution in [-0.2, 0) is 4.79 Å². The van der Waals surface area contributed by atoms with Crippen molar-refractivity contribution in [2.24, 2.45) is 11.7 Å². The van der Waals surface area contributed by atoms with Crippen LogP contribution in [0.4, 0.5) is 0 Å². The first-order valence-corrected chi connectivity index (χ1v) is 7.89. The first-order valence-electron chi connectivity index (χ1n) is 7.51. The lowest BCUT2D eigenvalue weighted by Gasteiger charge is -2.32. The summed E-state index contributed by atoms with van der Waals surface area (Å²) in [6, 6.07) is 5.03. The number of amides is 2. The second-order valence-electron chi connectivity index (χ2n) is 5.50. The molecule has 1 aliphatic heterocycles. The Hall–Kier alpha value is -1.75. The van der Waals surface area contributed by atoms with Gasteiger partial charge in [-0.25, -0.2) is 0 Å². The van der Waals surface area contributed by atoms with Crippen molar-refractivity contribution in [3.8, 4) is 5.75 Å². The van der Waals surface area contributed by atoms with E-state index in [1.165, 1.54) is 0 Å². The quantitative estimate of drug-likeness (QED) is 0.904. The van der Waals surface area contributed by atoms with Gasteiger partial charge in [0.05, 0.1) is 12.2 Å². The Morgan fingerprint density at radius 1 is 1.45 bits per heavy atom. The molecule has 0 radical (unpaired) electrons. The molecule has 1 saturated heterocycles. The van der Waals surface area contributed by atoms with Crippen molar-refractivity contribution < 1.29 is 14.3 Å². The van der Waals surface area contributed by atoms with E-state index in [4.69, 9.17) is 22.1 Å². The normalized spacial score (nSPS) is 18.1. The fraction of sp³-hybridized carbons (Fsp3) is 0.500. The Kier molecular flexibility index (Phi) is 5.66. The SMILES string of the molecule is CCOc1cc(Cl)ccc1C(=O)N1CCCC(CC(N)=O)C1. The molecule has 2 amide bonds. The van der Waals surface area contributed by atoms with Gasteiger partial charge in [-0.1, -0.05) is 11.6 Å². The molecule has 1 aliphatic rings. The zero-order valence-corrected chi connectivity index (χ0v) is 13.4. The van der Waals surface area contributed by atoms with Gasteiger partial charge in [0.1, 0.15) is 5.75 Å². The molecule has 1 atom stereocenters. The monoisotopic (exact) mass is 324 g/mol. The van der Waals surface area contributed by atoms with Crippen molar-refractivity contribution in [1.29, 1.82) is 0 Å². The number of hydrogen-bond acceptors (Lipinski definition) is 3. The highest BCUT2D eigenvalue weighted by molar-refractivity contribution is 6.30. The van der Waals surface area contributed by atoms with Gasteiger partial charge in [0.2, 0.25) is 5.91 Å². The van der Waals surface area contributed by atoms with Crippen LogP contribution in [0.5, 0.6) is 5.75 Å². The Bertz CT molecular complexity index is 562. The molecule has 0 aromatic heterocycles. The maximum absolute atomic E-state index is 12.7. The highest BCUT2D eigenvalue weighted by Gasteiger charge is 2.27. The number of piperidine rings is 1. The third kappa shape index (κ3) is 4.13. The molecule has 0 saturated carbocycles. The summed E-state index contributed by atoms with van der Waals surface area (Å²) in [4.78, 5) is 25.6. The van der Waals surface area contributed by atoms with Crippen molar-refractivity contribution in [1.82, 2.24) is 4.90 Å². The lowest BCUT2D eigenvalue weighted by Crippen LogP contribution is -2.41. The van der Waals surface area contributed by atoms with E-state index in [0.717, 1.165) is 12.8 Å². The molecule has 120 valence electrons. The van der Waals surface area contributed by atoms with Crippen LogP contribution in [0.3, 0.4) is 0 Å². The summed E-state index contributed by atoms with van der Waals surface area (Å²) in [6.07, 6.45) is 2.12. The number of nitrogens with zero attached hydrogens (tertiary/aromatic N) is 1. The molecule has 6 heteroatoms. The second kappa shape index (κ2) is 7.49. The number of nitrogens with two attached hydrogens (primary N) is 1. The van der Waals surface area contributed by atoms with E-state index in [-0.39, 0.29) is 17.7 Å². The molecular formula is C16H21ClN2O3. The van der Waals surface area contributed by atoms with Gasteiger partial charge in [-0.15, -0.1) is 0 Å². The van der Waals surface area contributed by atoms with E-state index in [0.29, 0.717) is 42.5 Å². The van der Waals surface area contributed by atoms with Crippen LogP contribution >= 0.6 is 11.6 Å². The first-order chi connectivity index (χ1) is 10.5. The van der Waals surface area contributed by atoms with Crippen LogP contribution in [0.2, 0.25) is 5.02 Å². The maximum atomic E-state index is 12.7. The summed E-state index contributed by atoms with van der Waals surface area (Å²) in [7, 11) is 0. The maximum Gasteiger partial charge on any atom is 0.257 e.